The predicted molar refractivity (Wildman–Crippen MR) is 106 cm³/mol. The number of aromatic nitrogens is 3. The molecule has 0 aliphatic rings. The van der Waals surface area contributed by atoms with Gasteiger partial charge in [-0.3, -0.25) is 0 Å². The second kappa shape index (κ2) is 9.20. The molecule has 0 unspecified atom stereocenters. The van der Waals surface area contributed by atoms with Crippen LogP contribution < -0.4 is 4.74 Å². The second-order valence-electron chi connectivity index (χ2n) is 5.71. The summed E-state index contributed by atoms with van der Waals surface area (Å²) in [6.45, 7) is 2.78. The van der Waals surface area contributed by atoms with Gasteiger partial charge in [0.2, 0.25) is 5.16 Å². The fourth-order valence-electron chi connectivity index (χ4n) is 2.48. The lowest BCUT2D eigenvalue weighted by molar-refractivity contribution is 0.317. The van der Waals surface area contributed by atoms with Gasteiger partial charge in [0.1, 0.15) is 5.75 Å². The molecule has 0 radical (unpaired) electrons. The summed E-state index contributed by atoms with van der Waals surface area (Å²) in [5.41, 5.74) is 2.11. The molecule has 5 nitrogen and oxygen atoms in total. The minimum atomic E-state index is 0.680. The van der Waals surface area contributed by atoms with Crippen molar-refractivity contribution in [1.82, 2.24) is 14.9 Å². The summed E-state index contributed by atoms with van der Waals surface area (Å²) in [5.74, 6) is 1.64. The molecule has 0 aliphatic carbocycles. The summed E-state index contributed by atoms with van der Waals surface area (Å²) in [4.78, 5) is 0. The Morgan fingerprint density at radius 2 is 1.85 bits per heavy atom. The van der Waals surface area contributed by atoms with Crippen LogP contribution in [0.2, 0.25) is 0 Å². The van der Waals surface area contributed by atoms with Crippen LogP contribution in [-0.4, -0.2) is 34.0 Å². The van der Waals surface area contributed by atoms with E-state index in [9.17, 15) is 0 Å². The molecule has 0 atom stereocenters. The van der Waals surface area contributed by atoms with Crippen molar-refractivity contribution in [2.24, 2.45) is 5.10 Å². The third-order valence-corrected chi connectivity index (χ3v) is 4.38. The first-order valence-electron chi connectivity index (χ1n) is 8.60. The number of rotatable bonds is 8. The molecule has 134 valence electrons. The Kier molecular flexibility index (Phi) is 6.44. The zero-order chi connectivity index (χ0) is 18.2. The molecular weight excluding hydrogens is 344 g/mol. The van der Waals surface area contributed by atoms with Crippen LogP contribution >= 0.6 is 11.8 Å². The summed E-state index contributed by atoms with van der Waals surface area (Å²) >= 11 is 1.52. The van der Waals surface area contributed by atoms with E-state index in [1.807, 2.05) is 54.9 Å². The van der Waals surface area contributed by atoms with E-state index in [4.69, 9.17) is 4.74 Å². The van der Waals surface area contributed by atoms with Crippen LogP contribution in [-0.2, 0) is 6.42 Å². The van der Waals surface area contributed by atoms with Crippen molar-refractivity contribution in [2.45, 2.75) is 24.9 Å². The summed E-state index contributed by atoms with van der Waals surface area (Å²) in [6.07, 6.45) is 5.43. The van der Waals surface area contributed by atoms with Gasteiger partial charge in [-0.1, -0.05) is 61.2 Å². The van der Waals surface area contributed by atoms with Crippen LogP contribution in [0.15, 0.2) is 64.9 Å². The van der Waals surface area contributed by atoms with E-state index < -0.39 is 0 Å². The molecule has 0 N–H and O–H groups in total. The summed E-state index contributed by atoms with van der Waals surface area (Å²) in [5, 5.41) is 14.0. The Morgan fingerprint density at radius 1 is 1.08 bits per heavy atom. The van der Waals surface area contributed by atoms with Gasteiger partial charge in [0.15, 0.2) is 5.82 Å². The van der Waals surface area contributed by atoms with Crippen molar-refractivity contribution in [1.29, 1.82) is 0 Å². The van der Waals surface area contributed by atoms with Crippen LogP contribution in [0.1, 0.15) is 30.3 Å². The topological polar surface area (TPSA) is 52.3 Å². The largest absolute Gasteiger partial charge is 0.493 e. The second-order valence-corrected chi connectivity index (χ2v) is 6.48. The highest BCUT2D eigenvalue weighted by molar-refractivity contribution is 7.98. The lowest BCUT2D eigenvalue weighted by Crippen LogP contribution is -2.02. The van der Waals surface area contributed by atoms with E-state index in [-0.39, 0.29) is 0 Å². The average Bonchev–Trinajstić information content (AvgIpc) is 3.07. The maximum Gasteiger partial charge on any atom is 0.211 e. The van der Waals surface area contributed by atoms with Gasteiger partial charge < -0.3 is 4.74 Å². The van der Waals surface area contributed by atoms with Gasteiger partial charge in [-0.2, -0.15) is 9.78 Å². The van der Waals surface area contributed by atoms with E-state index in [2.05, 4.69) is 34.4 Å². The molecule has 3 rings (SSSR count). The van der Waals surface area contributed by atoms with Gasteiger partial charge in [-0.05, 0) is 30.4 Å². The molecule has 6 heteroatoms. The molecule has 1 aromatic heterocycles. The van der Waals surface area contributed by atoms with Crippen LogP contribution in [0.4, 0.5) is 0 Å². The first-order chi connectivity index (χ1) is 12.8. The van der Waals surface area contributed by atoms with E-state index in [0.29, 0.717) is 13.0 Å². The molecule has 0 spiro atoms. The maximum absolute atomic E-state index is 5.80. The molecule has 26 heavy (non-hydrogen) atoms. The number of nitrogens with zero attached hydrogens (tertiary/aromatic N) is 4. The van der Waals surface area contributed by atoms with E-state index in [0.717, 1.165) is 28.7 Å². The SMILES string of the molecule is CCCOc1ccccc1/C=N\n1c(Cc2ccccc2)nnc1SC. The van der Waals surface area contributed by atoms with Gasteiger partial charge in [-0.15, -0.1) is 10.2 Å². The third-order valence-electron chi connectivity index (χ3n) is 3.76. The van der Waals surface area contributed by atoms with Gasteiger partial charge in [0.05, 0.1) is 12.8 Å². The lowest BCUT2D eigenvalue weighted by Gasteiger charge is -2.08. The maximum atomic E-state index is 5.80. The highest BCUT2D eigenvalue weighted by Gasteiger charge is 2.11. The Morgan fingerprint density at radius 3 is 2.62 bits per heavy atom. The zero-order valence-corrected chi connectivity index (χ0v) is 15.8. The fourth-order valence-corrected chi connectivity index (χ4v) is 2.93. The smallest absolute Gasteiger partial charge is 0.211 e. The molecule has 0 bridgehead atoms. The number of hydrogen-bond donors (Lipinski definition) is 0. The average molecular weight is 366 g/mol. The number of benzene rings is 2. The van der Waals surface area contributed by atoms with Crippen molar-refractivity contribution >= 4 is 18.0 Å². The Labute approximate surface area is 158 Å². The monoisotopic (exact) mass is 366 g/mol. The fraction of sp³-hybridized carbons (Fsp3) is 0.250. The molecule has 2 aromatic carbocycles. The normalized spacial score (nSPS) is 11.2. The predicted octanol–water partition coefficient (Wildman–Crippen LogP) is 4.26. The Bertz CT molecular complexity index is 861. The van der Waals surface area contributed by atoms with Gasteiger partial charge in [-0.25, -0.2) is 0 Å². The van der Waals surface area contributed by atoms with Crippen LogP contribution in [0.3, 0.4) is 0 Å². The minimum absolute atomic E-state index is 0.680. The molecule has 0 saturated heterocycles. The molecule has 0 saturated carbocycles. The minimum Gasteiger partial charge on any atom is -0.493 e. The summed E-state index contributed by atoms with van der Waals surface area (Å²) in [6, 6.07) is 18.1. The van der Waals surface area contributed by atoms with Crippen LogP contribution in [0.25, 0.3) is 0 Å². The zero-order valence-electron chi connectivity index (χ0n) is 15.0. The highest BCUT2D eigenvalue weighted by atomic mass is 32.2. The van der Waals surface area contributed by atoms with Crippen molar-refractivity contribution in [3.8, 4) is 5.75 Å². The van der Waals surface area contributed by atoms with E-state index >= 15 is 0 Å². The van der Waals surface area contributed by atoms with Crippen molar-refractivity contribution in [3.05, 3.63) is 71.5 Å². The van der Waals surface area contributed by atoms with Gasteiger partial charge >= 0.3 is 0 Å². The highest BCUT2D eigenvalue weighted by Crippen LogP contribution is 2.19. The molecule has 0 aliphatic heterocycles. The van der Waals surface area contributed by atoms with Gasteiger partial charge in [0.25, 0.3) is 0 Å². The molecule has 3 aromatic rings. The molecule has 0 amide bonds. The lowest BCUT2D eigenvalue weighted by atomic mass is 10.1. The Hall–Kier alpha value is -2.60. The standard InChI is InChI=1S/C20H22N4OS/c1-3-13-25-18-12-8-7-11-17(18)15-21-24-19(22-23-20(24)26-2)14-16-9-5-4-6-10-16/h4-12,15H,3,13-14H2,1-2H3/b21-15-. The van der Waals surface area contributed by atoms with E-state index in [1.165, 1.54) is 17.3 Å². The third kappa shape index (κ3) is 4.52. The first kappa shape index (κ1) is 18.2. The van der Waals surface area contributed by atoms with Crippen LogP contribution in [0, 0.1) is 0 Å². The first-order valence-corrected chi connectivity index (χ1v) is 9.82. The van der Waals surface area contributed by atoms with E-state index in [1.54, 1.807) is 4.68 Å². The van der Waals surface area contributed by atoms with Gasteiger partial charge in [0, 0.05) is 12.0 Å². The number of ether oxygens (including phenoxy) is 1. The quantitative estimate of drug-likeness (QED) is 0.441. The molecular formula is C20H22N4OS. The van der Waals surface area contributed by atoms with Crippen LogP contribution in [0.5, 0.6) is 5.75 Å². The van der Waals surface area contributed by atoms with Crippen molar-refractivity contribution < 1.29 is 4.74 Å². The summed E-state index contributed by atoms with van der Waals surface area (Å²) < 4.78 is 7.60. The number of hydrogen-bond acceptors (Lipinski definition) is 5. The molecule has 1 heterocycles. The summed E-state index contributed by atoms with van der Waals surface area (Å²) in [7, 11) is 0. The number of para-hydroxylation sites is 1. The number of thioether (sulfide) groups is 1. The van der Waals surface area contributed by atoms with Crippen molar-refractivity contribution in [3.63, 3.8) is 0 Å². The Balaban J connectivity index is 1.87. The van der Waals surface area contributed by atoms with Crippen molar-refractivity contribution in [2.75, 3.05) is 12.9 Å². The molecule has 0 fully saturated rings.